The number of pyridine rings is 1. The second-order valence-electron chi connectivity index (χ2n) is 7.66. The van der Waals surface area contributed by atoms with Gasteiger partial charge in [0, 0.05) is 54.4 Å². The van der Waals surface area contributed by atoms with Gasteiger partial charge >= 0.3 is 0 Å². The van der Waals surface area contributed by atoms with E-state index < -0.39 is 0 Å². The fourth-order valence-electron chi connectivity index (χ4n) is 3.90. The molecule has 0 bridgehead atoms. The molecule has 0 spiro atoms. The average molecular weight is 421 g/mol. The van der Waals surface area contributed by atoms with E-state index in [0.717, 1.165) is 35.9 Å². The van der Waals surface area contributed by atoms with Crippen molar-refractivity contribution in [2.45, 2.75) is 20.3 Å². The molecule has 3 heterocycles. The largest absolute Gasteiger partial charge is 0.322 e. The summed E-state index contributed by atoms with van der Waals surface area (Å²) in [6.07, 6.45) is 2.81. The minimum Gasteiger partial charge on any atom is -0.322 e. The Balaban J connectivity index is 1.40. The molecule has 1 aromatic carbocycles. The number of hydrogen-bond donors (Lipinski definition) is 1. The van der Waals surface area contributed by atoms with Crippen LogP contribution in [0.2, 0.25) is 0 Å². The molecule has 0 aliphatic carbocycles. The van der Waals surface area contributed by atoms with Crippen LogP contribution < -0.4 is 5.32 Å². The van der Waals surface area contributed by atoms with Crippen molar-refractivity contribution >= 4 is 23.4 Å². The molecule has 0 unspecified atom stereocenters. The number of hydrogen-bond acceptors (Lipinski definition) is 4. The van der Waals surface area contributed by atoms with Gasteiger partial charge in [0.05, 0.1) is 5.56 Å². The third-order valence-corrected chi connectivity index (χ3v) is 6.53. The van der Waals surface area contributed by atoms with E-state index in [-0.39, 0.29) is 5.91 Å². The lowest BCUT2D eigenvalue weighted by atomic mass is 10.1. The highest BCUT2D eigenvalue weighted by Crippen LogP contribution is 2.21. The molecule has 0 radical (unpaired) electrons. The Kier molecular flexibility index (Phi) is 6.55. The van der Waals surface area contributed by atoms with Crippen LogP contribution in [-0.4, -0.2) is 51.5 Å². The third kappa shape index (κ3) is 4.77. The Bertz CT molecular complexity index is 992. The molecule has 5 nitrogen and oxygen atoms in total. The second kappa shape index (κ2) is 9.49. The predicted molar refractivity (Wildman–Crippen MR) is 125 cm³/mol. The van der Waals surface area contributed by atoms with Crippen LogP contribution in [0.4, 0.5) is 5.69 Å². The number of carbonyl (C=O) groups excluding carboxylic acids is 1. The van der Waals surface area contributed by atoms with Crippen molar-refractivity contribution in [3.63, 3.8) is 0 Å². The fourth-order valence-corrected chi connectivity index (χ4v) is 4.88. The van der Waals surface area contributed by atoms with Crippen molar-refractivity contribution < 1.29 is 4.79 Å². The van der Waals surface area contributed by atoms with Gasteiger partial charge in [-0.3, -0.25) is 4.79 Å². The Morgan fingerprint density at radius 2 is 1.87 bits per heavy atom. The van der Waals surface area contributed by atoms with Crippen LogP contribution in [-0.2, 0) is 6.42 Å². The first kappa shape index (κ1) is 20.7. The Labute approximate surface area is 182 Å². The summed E-state index contributed by atoms with van der Waals surface area (Å²) in [6.45, 7) is 7.43. The van der Waals surface area contributed by atoms with Crippen molar-refractivity contribution in [3.8, 4) is 5.82 Å². The summed E-state index contributed by atoms with van der Waals surface area (Å²) in [5.74, 6) is 3.21. The molecule has 6 heteroatoms. The van der Waals surface area contributed by atoms with Crippen LogP contribution in [0.5, 0.6) is 0 Å². The number of thioether (sulfide) groups is 1. The number of rotatable bonds is 6. The molecule has 2 aromatic heterocycles. The molecule has 1 N–H and O–H groups in total. The normalized spacial score (nSPS) is 14.6. The lowest BCUT2D eigenvalue weighted by Crippen LogP contribution is -2.34. The van der Waals surface area contributed by atoms with Crippen molar-refractivity contribution in [1.82, 2.24) is 14.5 Å². The molecule has 1 saturated heterocycles. The van der Waals surface area contributed by atoms with E-state index in [1.807, 2.05) is 66.6 Å². The maximum absolute atomic E-state index is 12.9. The number of nitrogens with zero attached hydrogens (tertiary/aromatic N) is 3. The molecule has 4 rings (SSSR count). The molecular formula is C24H28N4OS. The smallest absolute Gasteiger partial charge is 0.257 e. The van der Waals surface area contributed by atoms with Crippen molar-refractivity contribution in [2.75, 3.05) is 36.5 Å². The zero-order valence-corrected chi connectivity index (χ0v) is 18.4. The Hall–Kier alpha value is -2.57. The molecule has 0 atom stereocenters. The molecule has 3 aromatic rings. The fraction of sp³-hybridized carbons (Fsp3) is 0.333. The Morgan fingerprint density at radius 3 is 2.57 bits per heavy atom. The standard InChI is InChI=1S/C24H28N4OS/c1-18-17-22(19(2)28(18)23-5-3-4-11-25-23)24(29)26-21-8-6-20(7-9-21)10-12-27-13-15-30-16-14-27/h3-9,11,17H,10,12-16H2,1-2H3,(H,26,29). The molecule has 30 heavy (non-hydrogen) atoms. The average Bonchev–Trinajstić information content (AvgIpc) is 3.08. The van der Waals surface area contributed by atoms with Crippen molar-refractivity contribution in [2.24, 2.45) is 0 Å². The van der Waals surface area contributed by atoms with Gasteiger partial charge in [0.25, 0.3) is 5.91 Å². The van der Waals surface area contributed by atoms with E-state index >= 15 is 0 Å². The van der Waals surface area contributed by atoms with E-state index in [9.17, 15) is 4.79 Å². The van der Waals surface area contributed by atoms with E-state index in [1.165, 1.54) is 30.2 Å². The summed E-state index contributed by atoms with van der Waals surface area (Å²) in [6, 6.07) is 15.9. The van der Waals surface area contributed by atoms with Gasteiger partial charge in [0.15, 0.2) is 0 Å². The van der Waals surface area contributed by atoms with E-state index in [1.54, 1.807) is 6.20 Å². The van der Waals surface area contributed by atoms with Gasteiger partial charge < -0.3 is 14.8 Å². The maximum Gasteiger partial charge on any atom is 0.257 e. The van der Waals surface area contributed by atoms with Gasteiger partial charge in [-0.1, -0.05) is 18.2 Å². The summed E-state index contributed by atoms with van der Waals surface area (Å²) in [7, 11) is 0. The molecule has 1 aliphatic heterocycles. The van der Waals surface area contributed by atoms with Gasteiger partial charge in [-0.2, -0.15) is 11.8 Å². The topological polar surface area (TPSA) is 50.2 Å². The highest BCUT2D eigenvalue weighted by atomic mass is 32.2. The van der Waals surface area contributed by atoms with Crippen LogP contribution in [0.25, 0.3) is 5.82 Å². The summed E-state index contributed by atoms with van der Waals surface area (Å²) in [4.78, 5) is 19.8. The first-order valence-electron chi connectivity index (χ1n) is 10.4. The monoisotopic (exact) mass is 420 g/mol. The minimum absolute atomic E-state index is 0.0937. The highest BCUT2D eigenvalue weighted by Gasteiger charge is 2.17. The molecule has 1 aliphatic rings. The molecule has 156 valence electrons. The summed E-state index contributed by atoms with van der Waals surface area (Å²) >= 11 is 2.04. The first-order valence-corrected chi connectivity index (χ1v) is 11.6. The third-order valence-electron chi connectivity index (χ3n) is 5.59. The highest BCUT2D eigenvalue weighted by molar-refractivity contribution is 7.99. The summed E-state index contributed by atoms with van der Waals surface area (Å²) in [5, 5.41) is 3.04. The number of aromatic nitrogens is 2. The molecular weight excluding hydrogens is 392 g/mol. The van der Waals surface area contributed by atoms with Gasteiger partial charge in [-0.25, -0.2) is 4.98 Å². The summed E-state index contributed by atoms with van der Waals surface area (Å²) < 4.78 is 2.01. The molecule has 1 amide bonds. The lowest BCUT2D eigenvalue weighted by molar-refractivity contribution is 0.102. The number of carbonyl (C=O) groups is 1. The lowest BCUT2D eigenvalue weighted by Gasteiger charge is -2.26. The molecule has 0 saturated carbocycles. The van der Waals surface area contributed by atoms with Gasteiger partial charge in [-0.05, 0) is 56.2 Å². The van der Waals surface area contributed by atoms with Crippen molar-refractivity contribution in [1.29, 1.82) is 0 Å². The number of amides is 1. The van der Waals surface area contributed by atoms with Gasteiger partial charge in [0.2, 0.25) is 0 Å². The SMILES string of the molecule is Cc1cc(C(=O)Nc2ccc(CCN3CCSCC3)cc2)c(C)n1-c1ccccn1. The zero-order chi connectivity index (χ0) is 20.9. The van der Waals surface area contributed by atoms with Gasteiger partial charge in [-0.15, -0.1) is 0 Å². The minimum atomic E-state index is -0.0937. The van der Waals surface area contributed by atoms with E-state index in [0.29, 0.717) is 5.56 Å². The van der Waals surface area contributed by atoms with E-state index in [2.05, 4.69) is 27.3 Å². The second-order valence-corrected chi connectivity index (χ2v) is 8.89. The quantitative estimate of drug-likeness (QED) is 0.645. The number of benzene rings is 1. The van der Waals surface area contributed by atoms with Crippen LogP contribution in [0.3, 0.4) is 0 Å². The zero-order valence-electron chi connectivity index (χ0n) is 17.6. The number of nitrogens with one attached hydrogen (secondary N) is 1. The van der Waals surface area contributed by atoms with Gasteiger partial charge in [0.1, 0.15) is 5.82 Å². The first-order chi connectivity index (χ1) is 14.6. The Morgan fingerprint density at radius 1 is 1.10 bits per heavy atom. The maximum atomic E-state index is 12.9. The molecule has 1 fully saturated rings. The van der Waals surface area contributed by atoms with Crippen LogP contribution >= 0.6 is 11.8 Å². The number of anilines is 1. The van der Waals surface area contributed by atoms with E-state index in [4.69, 9.17) is 0 Å². The van der Waals surface area contributed by atoms with Crippen molar-refractivity contribution in [3.05, 3.63) is 77.2 Å². The number of aryl methyl sites for hydroxylation is 1. The van der Waals surface area contributed by atoms with Crippen LogP contribution in [0.15, 0.2) is 54.7 Å². The van der Waals surface area contributed by atoms with Crippen LogP contribution in [0, 0.1) is 13.8 Å². The summed E-state index contributed by atoms with van der Waals surface area (Å²) in [5.41, 5.74) is 4.67. The predicted octanol–water partition coefficient (Wildman–Crippen LogP) is 4.33. The van der Waals surface area contributed by atoms with Crippen LogP contribution in [0.1, 0.15) is 27.3 Å².